The minimum atomic E-state index is -0.307. The number of hydrogen-bond acceptors (Lipinski definition) is 4. The lowest BCUT2D eigenvalue weighted by atomic mass is 10.1. The summed E-state index contributed by atoms with van der Waals surface area (Å²) in [5.74, 6) is 3.51. The summed E-state index contributed by atoms with van der Waals surface area (Å²) in [7, 11) is 0. The number of ether oxygens (including phenoxy) is 2. The van der Waals surface area contributed by atoms with Crippen molar-refractivity contribution in [1.82, 2.24) is 5.43 Å². The maximum Gasteiger partial charge on any atom is 0.271 e. The van der Waals surface area contributed by atoms with Gasteiger partial charge in [-0.1, -0.05) is 48.4 Å². The van der Waals surface area contributed by atoms with Gasteiger partial charge in [-0.15, -0.1) is 6.42 Å². The molecular formula is C24H20N2O3. The van der Waals surface area contributed by atoms with Crippen LogP contribution in [0.25, 0.3) is 0 Å². The molecule has 0 aliphatic heterocycles. The molecule has 0 fully saturated rings. The predicted molar refractivity (Wildman–Crippen MR) is 113 cm³/mol. The van der Waals surface area contributed by atoms with E-state index in [1.165, 1.54) is 6.21 Å². The van der Waals surface area contributed by atoms with E-state index in [1.54, 1.807) is 18.2 Å². The predicted octanol–water partition coefficient (Wildman–Crippen LogP) is 4.04. The molecule has 0 aliphatic carbocycles. The number of terminal acetylenes is 1. The molecule has 3 rings (SSSR count). The Bertz CT molecular complexity index is 1010. The van der Waals surface area contributed by atoms with Crippen LogP contribution in [0.4, 0.5) is 0 Å². The molecular weight excluding hydrogens is 364 g/mol. The van der Waals surface area contributed by atoms with Gasteiger partial charge in [0.1, 0.15) is 24.7 Å². The zero-order valence-corrected chi connectivity index (χ0v) is 15.7. The van der Waals surface area contributed by atoms with Crippen molar-refractivity contribution >= 4 is 12.1 Å². The highest BCUT2D eigenvalue weighted by atomic mass is 16.5. The number of nitrogens with one attached hydrogen (secondary N) is 1. The number of rotatable bonds is 8. The van der Waals surface area contributed by atoms with E-state index in [4.69, 9.17) is 15.9 Å². The van der Waals surface area contributed by atoms with Gasteiger partial charge in [0.05, 0.1) is 6.21 Å². The molecule has 0 heterocycles. The molecule has 0 saturated carbocycles. The van der Waals surface area contributed by atoms with E-state index < -0.39 is 0 Å². The van der Waals surface area contributed by atoms with Crippen LogP contribution in [0.3, 0.4) is 0 Å². The molecule has 5 nitrogen and oxygen atoms in total. The summed E-state index contributed by atoms with van der Waals surface area (Å²) >= 11 is 0. The van der Waals surface area contributed by atoms with Crippen LogP contribution < -0.4 is 14.9 Å². The molecule has 29 heavy (non-hydrogen) atoms. The Morgan fingerprint density at radius 2 is 1.69 bits per heavy atom. The Balaban J connectivity index is 1.54. The fourth-order valence-electron chi connectivity index (χ4n) is 2.50. The van der Waals surface area contributed by atoms with E-state index >= 15 is 0 Å². The smallest absolute Gasteiger partial charge is 0.271 e. The van der Waals surface area contributed by atoms with Crippen LogP contribution in [-0.4, -0.2) is 18.7 Å². The number of benzene rings is 3. The van der Waals surface area contributed by atoms with Gasteiger partial charge in [0.15, 0.2) is 0 Å². The molecule has 0 bridgehead atoms. The van der Waals surface area contributed by atoms with Crippen LogP contribution in [0.15, 0.2) is 84.0 Å². The van der Waals surface area contributed by atoms with Crippen LogP contribution >= 0.6 is 0 Å². The Labute approximate surface area is 170 Å². The lowest BCUT2D eigenvalue weighted by molar-refractivity contribution is 0.0955. The number of amides is 1. The summed E-state index contributed by atoms with van der Waals surface area (Å²) in [5.41, 5.74) is 4.70. The topological polar surface area (TPSA) is 59.9 Å². The molecule has 0 aliphatic rings. The second kappa shape index (κ2) is 10.3. The van der Waals surface area contributed by atoms with Crippen LogP contribution in [0.1, 0.15) is 21.5 Å². The minimum Gasteiger partial charge on any atom is -0.489 e. The number of carbonyl (C=O) groups excluding carboxylic acids is 1. The first kappa shape index (κ1) is 19.7. The van der Waals surface area contributed by atoms with Crippen molar-refractivity contribution in [2.75, 3.05) is 6.61 Å². The largest absolute Gasteiger partial charge is 0.489 e. The molecule has 0 spiro atoms. The van der Waals surface area contributed by atoms with Crippen molar-refractivity contribution in [1.29, 1.82) is 0 Å². The second-order valence-electron chi connectivity index (χ2n) is 6.03. The normalized spacial score (nSPS) is 10.3. The van der Waals surface area contributed by atoms with Crippen molar-refractivity contribution < 1.29 is 14.3 Å². The zero-order chi connectivity index (χ0) is 20.3. The Morgan fingerprint density at radius 1 is 0.966 bits per heavy atom. The minimum absolute atomic E-state index is 0.164. The van der Waals surface area contributed by atoms with Crippen LogP contribution in [-0.2, 0) is 6.61 Å². The first-order valence-corrected chi connectivity index (χ1v) is 9.02. The molecule has 3 aromatic carbocycles. The quantitative estimate of drug-likeness (QED) is 0.362. The molecule has 1 amide bonds. The molecule has 0 atom stereocenters. The molecule has 144 valence electrons. The van der Waals surface area contributed by atoms with Crippen molar-refractivity contribution in [2.45, 2.75) is 6.61 Å². The number of para-hydroxylation sites is 2. The van der Waals surface area contributed by atoms with Crippen molar-refractivity contribution in [3.05, 3.63) is 95.6 Å². The fourth-order valence-corrected chi connectivity index (χ4v) is 2.50. The summed E-state index contributed by atoms with van der Waals surface area (Å²) in [6.07, 6.45) is 6.74. The number of carbonyl (C=O) groups is 1. The van der Waals surface area contributed by atoms with Crippen LogP contribution in [0, 0.1) is 12.3 Å². The van der Waals surface area contributed by atoms with Gasteiger partial charge in [0.25, 0.3) is 5.91 Å². The summed E-state index contributed by atoms with van der Waals surface area (Å²) in [6.45, 7) is 0.593. The van der Waals surface area contributed by atoms with Crippen molar-refractivity contribution in [3.63, 3.8) is 0 Å². The van der Waals surface area contributed by atoms with E-state index in [0.29, 0.717) is 17.9 Å². The highest BCUT2D eigenvalue weighted by Gasteiger charge is 2.05. The van der Waals surface area contributed by atoms with Gasteiger partial charge in [-0.05, 0) is 42.0 Å². The van der Waals surface area contributed by atoms with Crippen LogP contribution in [0.2, 0.25) is 0 Å². The third-order valence-electron chi connectivity index (χ3n) is 3.96. The average molecular weight is 384 g/mol. The lowest BCUT2D eigenvalue weighted by Gasteiger charge is -2.07. The maximum atomic E-state index is 12.3. The molecule has 3 aromatic rings. The SMILES string of the molecule is C#CCOc1ccccc1/C=N\NC(=O)c1ccc(COc2ccccc2)cc1. The van der Waals surface area contributed by atoms with E-state index in [0.717, 1.165) is 16.9 Å². The van der Waals surface area contributed by atoms with E-state index in [-0.39, 0.29) is 12.5 Å². The molecule has 5 heteroatoms. The summed E-state index contributed by atoms with van der Waals surface area (Å²) in [4.78, 5) is 12.3. The van der Waals surface area contributed by atoms with E-state index in [1.807, 2.05) is 60.7 Å². The third kappa shape index (κ3) is 5.98. The molecule has 0 aromatic heterocycles. The highest BCUT2D eigenvalue weighted by Crippen LogP contribution is 2.15. The number of hydrogen-bond donors (Lipinski definition) is 1. The van der Waals surface area contributed by atoms with Gasteiger partial charge in [0, 0.05) is 11.1 Å². The Kier molecular flexibility index (Phi) is 7.03. The van der Waals surface area contributed by atoms with Gasteiger partial charge >= 0.3 is 0 Å². The standard InChI is InChI=1S/C24H20N2O3/c1-2-16-28-23-11-7-6-8-21(23)17-25-26-24(27)20-14-12-19(13-15-20)18-29-22-9-4-3-5-10-22/h1,3-15,17H,16,18H2,(H,26,27)/b25-17-. The second-order valence-corrected chi connectivity index (χ2v) is 6.03. The van der Waals surface area contributed by atoms with E-state index in [9.17, 15) is 4.79 Å². The van der Waals surface area contributed by atoms with Gasteiger partial charge < -0.3 is 9.47 Å². The molecule has 0 saturated heterocycles. The van der Waals surface area contributed by atoms with Crippen molar-refractivity contribution in [2.24, 2.45) is 5.10 Å². The van der Waals surface area contributed by atoms with E-state index in [2.05, 4.69) is 16.4 Å². The average Bonchev–Trinajstić information content (AvgIpc) is 2.78. The lowest BCUT2D eigenvalue weighted by Crippen LogP contribution is -2.17. The molecule has 0 radical (unpaired) electrons. The molecule has 1 N–H and O–H groups in total. The third-order valence-corrected chi connectivity index (χ3v) is 3.96. The number of nitrogens with zero attached hydrogens (tertiary/aromatic N) is 1. The van der Waals surface area contributed by atoms with Gasteiger partial charge in [-0.3, -0.25) is 4.79 Å². The van der Waals surface area contributed by atoms with Crippen LogP contribution in [0.5, 0.6) is 11.5 Å². The van der Waals surface area contributed by atoms with Gasteiger partial charge in [-0.25, -0.2) is 5.43 Å². The maximum absolute atomic E-state index is 12.3. The summed E-state index contributed by atoms with van der Waals surface area (Å²) < 4.78 is 11.1. The first-order valence-electron chi connectivity index (χ1n) is 9.02. The Hall–Kier alpha value is -4.04. The molecule has 0 unspecified atom stereocenters. The van der Waals surface area contributed by atoms with Crippen molar-refractivity contribution in [3.8, 4) is 23.8 Å². The number of hydrazone groups is 1. The van der Waals surface area contributed by atoms with Gasteiger partial charge in [-0.2, -0.15) is 5.10 Å². The first-order chi connectivity index (χ1) is 14.3. The summed E-state index contributed by atoms with van der Waals surface area (Å²) in [6, 6.07) is 24.0. The van der Waals surface area contributed by atoms with Gasteiger partial charge in [0.2, 0.25) is 0 Å². The summed E-state index contributed by atoms with van der Waals surface area (Å²) in [5, 5.41) is 4.00. The Morgan fingerprint density at radius 3 is 2.45 bits per heavy atom. The monoisotopic (exact) mass is 384 g/mol. The fraction of sp³-hybridized carbons (Fsp3) is 0.0833. The highest BCUT2D eigenvalue weighted by molar-refractivity contribution is 5.95. The zero-order valence-electron chi connectivity index (χ0n) is 15.7.